The largest absolute Gasteiger partial charge is 0.294 e. The average Bonchev–Trinajstić information content (AvgIpc) is 2.06. The highest BCUT2D eigenvalue weighted by molar-refractivity contribution is 5.97. The van der Waals surface area contributed by atoms with Crippen molar-refractivity contribution in [3.8, 4) is 0 Å². The number of Topliss-reactive ketones (excluding diaryl/α,β-unsaturated/α-hetero) is 1. The first kappa shape index (κ1) is 6.46. The summed E-state index contributed by atoms with van der Waals surface area (Å²) in [6.45, 7) is 0. The Kier molecular flexibility index (Phi) is 1.42. The minimum absolute atomic E-state index is 0.209. The molecular weight excluding hydrogens is 140 g/mol. The van der Waals surface area contributed by atoms with E-state index in [0.717, 1.165) is 24.0 Å². The molecule has 0 radical (unpaired) electrons. The Morgan fingerprint density at radius 2 is 2.00 bits per heavy atom. The van der Waals surface area contributed by atoms with Gasteiger partial charge in [-0.05, 0) is 18.4 Å². The first-order valence-electron chi connectivity index (χ1n) is 3.70. The van der Waals surface area contributed by atoms with Gasteiger partial charge in [0.25, 0.3) is 0 Å². The maximum absolute atomic E-state index is 11.2. The number of nitrogens with zero attached hydrogens (tertiary/aromatic N) is 2. The molecule has 1 aliphatic rings. The summed E-state index contributed by atoms with van der Waals surface area (Å²) in [5.41, 5.74) is 1.82. The zero-order valence-electron chi connectivity index (χ0n) is 6.08. The van der Waals surface area contributed by atoms with E-state index in [1.54, 1.807) is 12.4 Å². The number of aromatic nitrogens is 2. The fourth-order valence-corrected chi connectivity index (χ4v) is 1.37. The highest BCUT2D eigenvalue weighted by atomic mass is 16.1. The molecular formula is C8H8N2O. The van der Waals surface area contributed by atoms with Crippen molar-refractivity contribution in [1.82, 2.24) is 10.2 Å². The van der Waals surface area contributed by atoms with Gasteiger partial charge in [0, 0.05) is 12.0 Å². The first-order valence-corrected chi connectivity index (χ1v) is 3.70. The number of carbonyl (C=O) groups is 1. The fourth-order valence-electron chi connectivity index (χ4n) is 1.37. The lowest BCUT2D eigenvalue weighted by Gasteiger charge is -2.11. The predicted molar refractivity (Wildman–Crippen MR) is 39.3 cm³/mol. The van der Waals surface area contributed by atoms with E-state index >= 15 is 0 Å². The van der Waals surface area contributed by atoms with Crippen LogP contribution >= 0.6 is 0 Å². The summed E-state index contributed by atoms with van der Waals surface area (Å²) in [6, 6.07) is 0. The molecule has 1 heterocycles. The Morgan fingerprint density at radius 1 is 1.18 bits per heavy atom. The number of rotatable bonds is 0. The van der Waals surface area contributed by atoms with Crippen LogP contribution in [-0.4, -0.2) is 16.0 Å². The second-order valence-electron chi connectivity index (χ2n) is 2.70. The number of aryl methyl sites for hydroxylation is 1. The van der Waals surface area contributed by atoms with Gasteiger partial charge in [-0.2, -0.15) is 10.2 Å². The minimum Gasteiger partial charge on any atom is -0.294 e. The first-order chi connectivity index (χ1) is 5.38. The maximum atomic E-state index is 11.2. The number of ketones is 1. The van der Waals surface area contributed by atoms with Gasteiger partial charge in [0.15, 0.2) is 5.78 Å². The van der Waals surface area contributed by atoms with Crippen molar-refractivity contribution < 1.29 is 4.79 Å². The predicted octanol–water partition coefficient (Wildman–Crippen LogP) is 0.996. The van der Waals surface area contributed by atoms with Gasteiger partial charge in [0.05, 0.1) is 12.4 Å². The monoisotopic (exact) mass is 148 g/mol. The van der Waals surface area contributed by atoms with E-state index in [4.69, 9.17) is 0 Å². The summed E-state index contributed by atoms with van der Waals surface area (Å²) in [7, 11) is 0. The molecule has 11 heavy (non-hydrogen) atoms. The molecule has 0 aliphatic heterocycles. The Balaban J connectivity index is 2.52. The number of carbonyl (C=O) groups excluding carboxylic acids is 1. The van der Waals surface area contributed by atoms with E-state index in [-0.39, 0.29) is 5.78 Å². The molecule has 1 aromatic rings. The van der Waals surface area contributed by atoms with Crippen LogP contribution in [0.1, 0.15) is 28.8 Å². The second-order valence-corrected chi connectivity index (χ2v) is 2.70. The molecule has 0 N–H and O–H groups in total. The molecule has 0 atom stereocenters. The van der Waals surface area contributed by atoms with Crippen molar-refractivity contribution in [1.29, 1.82) is 0 Å². The Morgan fingerprint density at radius 3 is 2.82 bits per heavy atom. The summed E-state index contributed by atoms with van der Waals surface area (Å²) in [5, 5.41) is 7.41. The zero-order chi connectivity index (χ0) is 7.68. The molecule has 0 spiro atoms. The molecule has 1 aromatic heterocycles. The number of hydrogen-bond donors (Lipinski definition) is 0. The Hall–Kier alpha value is -1.25. The SMILES string of the molecule is O=C1CCCc2cnncc21. The lowest BCUT2D eigenvalue weighted by molar-refractivity contribution is 0.0972. The molecule has 2 rings (SSSR count). The zero-order valence-corrected chi connectivity index (χ0v) is 6.08. The maximum Gasteiger partial charge on any atom is 0.164 e. The number of fused-ring (bicyclic) bond motifs is 1. The van der Waals surface area contributed by atoms with Crippen molar-refractivity contribution in [3.63, 3.8) is 0 Å². The van der Waals surface area contributed by atoms with Crippen LogP contribution in [0.2, 0.25) is 0 Å². The number of hydrogen-bond acceptors (Lipinski definition) is 3. The molecule has 0 unspecified atom stereocenters. The van der Waals surface area contributed by atoms with Crippen LogP contribution < -0.4 is 0 Å². The highest BCUT2D eigenvalue weighted by Crippen LogP contribution is 2.18. The third-order valence-electron chi connectivity index (χ3n) is 1.96. The summed E-state index contributed by atoms with van der Waals surface area (Å²) < 4.78 is 0. The normalized spacial score (nSPS) is 16.2. The van der Waals surface area contributed by atoms with Crippen LogP contribution in [0.4, 0.5) is 0 Å². The second kappa shape index (κ2) is 2.42. The van der Waals surface area contributed by atoms with Gasteiger partial charge >= 0.3 is 0 Å². The van der Waals surface area contributed by atoms with Crippen LogP contribution in [0.25, 0.3) is 0 Å². The Labute approximate surface area is 64.5 Å². The molecule has 3 heteroatoms. The molecule has 0 fully saturated rings. The van der Waals surface area contributed by atoms with E-state index in [2.05, 4.69) is 10.2 Å². The van der Waals surface area contributed by atoms with Gasteiger partial charge in [0.1, 0.15) is 0 Å². The van der Waals surface area contributed by atoms with Gasteiger partial charge in [-0.1, -0.05) is 0 Å². The third-order valence-corrected chi connectivity index (χ3v) is 1.96. The van der Waals surface area contributed by atoms with Crippen molar-refractivity contribution >= 4 is 5.78 Å². The van der Waals surface area contributed by atoms with Gasteiger partial charge in [-0.25, -0.2) is 0 Å². The molecule has 56 valence electrons. The fraction of sp³-hybridized carbons (Fsp3) is 0.375. The van der Waals surface area contributed by atoms with E-state index in [0.29, 0.717) is 6.42 Å². The summed E-state index contributed by atoms with van der Waals surface area (Å²) >= 11 is 0. The third kappa shape index (κ3) is 1.02. The van der Waals surface area contributed by atoms with E-state index in [1.165, 1.54) is 0 Å². The molecule has 0 amide bonds. The van der Waals surface area contributed by atoms with Crippen LogP contribution in [0.5, 0.6) is 0 Å². The van der Waals surface area contributed by atoms with Crippen LogP contribution in [-0.2, 0) is 6.42 Å². The standard InChI is InChI=1S/C8H8N2O/c11-8-3-1-2-6-4-9-10-5-7(6)8/h4-5H,1-3H2. The summed E-state index contributed by atoms with van der Waals surface area (Å²) in [5.74, 6) is 0.209. The minimum atomic E-state index is 0.209. The van der Waals surface area contributed by atoms with Gasteiger partial charge < -0.3 is 0 Å². The highest BCUT2D eigenvalue weighted by Gasteiger charge is 2.16. The van der Waals surface area contributed by atoms with Gasteiger partial charge in [-0.15, -0.1) is 0 Å². The quantitative estimate of drug-likeness (QED) is 0.551. The molecule has 0 saturated carbocycles. The molecule has 1 aliphatic carbocycles. The smallest absolute Gasteiger partial charge is 0.164 e. The Bertz CT molecular complexity index is 296. The lowest BCUT2D eigenvalue weighted by atomic mass is 9.94. The van der Waals surface area contributed by atoms with Gasteiger partial charge in [0.2, 0.25) is 0 Å². The molecule has 0 bridgehead atoms. The molecule has 0 aromatic carbocycles. The van der Waals surface area contributed by atoms with E-state index < -0.39 is 0 Å². The van der Waals surface area contributed by atoms with Crippen LogP contribution in [0.3, 0.4) is 0 Å². The van der Waals surface area contributed by atoms with E-state index in [1.807, 2.05) is 0 Å². The molecule has 0 saturated heterocycles. The van der Waals surface area contributed by atoms with Crippen molar-refractivity contribution in [2.24, 2.45) is 0 Å². The lowest BCUT2D eigenvalue weighted by Crippen LogP contribution is -2.11. The summed E-state index contributed by atoms with van der Waals surface area (Å²) in [4.78, 5) is 11.2. The van der Waals surface area contributed by atoms with Crippen molar-refractivity contribution in [2.45, 2.75) is 19.3 Å². The van der Waals surface area contributed by atoms with Crippen molar-refractivity contribution in [2.75, 3.05) is 0 Å². The van der Waals surface area contributed by atoms with Gasteiger partial charge in [-0.3, -0.25) is 4.79 Å². The molecule has 3 nitrogen and oxygen atoms in total. The average molecular weight is 148 g/mol. The van der Waals surface area contributed by atoms with Crippen molar-refractivity contribution in [3.05, 3.63) is 23.5 Å². The summed E-state index contributed by atoms with van der Waals surface area (Å²) in [6.07, 6.45) is 5.84. The topological polar surface area (TPSA) is 42.9 Å². The van der Waals surface area contributed by atoms with Crippen LogP contribution in [0.15, 0.2) is 12.4 Å². The van der Waals surface area contributed by atoms with Crippen LogP contribution in [0, 0.1) is 0 Å². The van der Waals surface area contributed by atoms with E-state index in [9.17, 15) is 4.79 Å².